The highest BCUT2D eigenvalue weighted by atomic mass is 32.2. The average Bonchev–Trinajstić information content (AvgIpc) is 2.89. The van der Waals surface area contributed by atoms with Gasteiger partial charge in [-0.25, -0.2) is 8.42 Å². The Balaban J connectivity index is 2.28. The molecule has 140 valence electrons. The first-order valence-electron chi connectivity index (χ1n) is 8.47. The molecule has 1 saturated heterocycles. The Hall–Kier alpha value is -1.96. The summed E-state index contributed by atoms with van der Waals surface area (Å²) in [5, 5.41) is 2.77. The van der Waals surface area contributed by atoms with Gasteiger partial charge >= 0.3 is 0 Å². The summed E-state index contributed by atoms with van der Waals surface area (Å²) in [5.74, 6) is 1.05. The Labute approximate surface area is 148 Å². The number of hydrogen-bond donors (Lipinski definition) is 1. The molecule has 8 heteroatoms. The van der Waals surface area contributed by atoms with Gasteiger partial charge in [0.15, 0.2) is 21.3 Å². The predicted molar refractivity (Wildman–Crippen MR) is 94.5 cm³/mol. The van der Waals surface area contributed by atoms with Crippen molar-refractivity contribution in [3.63, 3.8) is 0 Å². The van der Waals surface area contributed by atoms with Gasteiger partial charge in [-0.05, 0) is 39.3 Å². The summed E-state index contributed by atoms with van der Waals surface area (Å²) < 4.78 is 39.9. The molecule has 1 amide bonds. The van der Waals surface area contributed by atoms with Crippen molar-refractivity contribution in [1.29, 1.82) is 0 Å². The maximum Gasteiger partial charge on any atom is 0.251 e. The Bertz CT molecular complexity index is 689. The summed E-state index contributed by atoms with van der Waals surface area (Å²) in [5.41, 5.74) is 0.347. The van der Waals surface area contributed by atoms with Crippen molar-refractivity contribution in [1.82, 2.24) is 5.32 Å². The first-order chi connectivity index (χ1) is 11.9. The molecule has 0 unspecified atom stereocenters. The first kappa shape index (κ1) is 19.4. The van der Waals surface area contributed by atoms with Crippen LogP contribution in [0, 0.1) is 0 Å². The summed E-state index contributed by atoms with van der Waals surface area (Å²) >= 11 is 0. The van der Waals surface area contributed by atoms with Crippen molar-refractivity contribution < 1.29 is 27.4 Å². The maximum atomic E-state index is 12.5. The summed E-state index contributed by atoms with van der Waals surface area (Å²) in [6.45, 7) is 6.80. The van der Waals surface area contributed by atoms with E-state index >= 15 is 0 Å². The van der Waals surface area contributed by atoms with Gasteiger partial charge in [0.2, 0.25) is 5.75 Å². The standard InChI is InChI=1S/C17H25NO6S/c1-4-22-14-9-12(10-15(23-5-2)16(14)24-6-3)17(19)18-13-7-8-25(20,21)11-13/h9-10,13H,4-8,11H2,1-3H3,(H,18,19)/t13-/m1/s1. The zero-order valence-corrected chi connectivity index (χ0v) is 15.6. The van der Waals surface area contributed by atoms with Crippen LogP contribution in [0.5, 0.6) is 17.2 Å². The molecular weight excluding hydrogens is 346 g/mol. The summed E-state index contributed by atoms with van der Waals surface area (Å²) in [6, 6.07) is 2.82. The largest absolute Gasteiger partial charge is 0.490 e. The zero-order valence-electron chi connectivity index (χ0n) is 14.8. The number of carbonyl (C=O) groups excluding carboxylic acids is 1. The third kappa shape index (κ3) is 5.01. The van der Waals surface area contributed by atoms with Crippen molar-refractivity contribution in [2.45, 2.75) is 33.2 Å². The van der Waals surface area contributed by atoms with Crippen molar-refractivity contribution >= 4 is 15.7 Å². The van der Waals surface area contributed by atoms with Crippen molar-refractivity contribution in [3.05, 3.63) is 17.7 Å². The lowest BCUT2D eigenvalue weighted by molar-refractivity contribution is 0.0940. The highest BCUT2D eigenvalue weighted by Crippen LogP contribution is 2.39. The lowest BCUT2D eigenvalue weighted by atomic mass is 10.1. The SMILES string of the molecule is CCOc1cc(C(=O)N[C@@H]2CCS(=O)(=O)C2)cc(OCC)c1OCC. The first-order valence-corrected chi connectivity index (χ1v) is 10.3. The molecule has 1 fully saturated rings. The van der Waals surface area contributed by atoms with Crippen LogP contribution in [0.1, 0.15) is 37.6 Å². The van der Waals surface area contributed by atoms with Gasteiger partial charge < -0.3 is 19.5 Å². The number of benzene rings is 1. The lowest BCUT2D eigenvalue weighted by Crippen LogP contribution is -2.35. The molecule has 1 heterocycles. The van der Waals surface area contributed by atoms with Gasteiger partial charge in [0.1, 0.15) is 0 Å². The number of amides is 1. The van der Waals surface area contributed by atoms with Gasteiger partial charge in [0.05, 0.1) is 31.3 Å². The zero-order chi connectivity index (χ0) is 18.4. The Morgan fingerprint density at radius 3 is 2.08 bits per heavy atom. The van der Waals surface area contributed by atoms with Crippen LogP contribution < -0.4 is 19.5 Å². The van der Waals surface area contributed by atoms with Crippen molar-refractivity contribution in [3.8, 4) is 17.2 Å². The van der Waals surface area contributed by atoms with Gasteiger partial charge in [0, 0.05) is 11.6 Å². The molecule has 1 aliphatic heterocycles. The fourth-order valence-corrected chi connectivity index (χ4v) is 4.37. The van der Waals surface area contributed by atoms with Gasteiger partial charge in [-0.1, -0.05) is 0 Å². The van der Waals surface area contributed by atoms with E-state index in [2.05, 4.69) is 5.32 Å². The Morgan fingerprint density at radius 1 is 1.08 bits per heavy atom. The molecule has 0 aliphatic carbocycles. The third-order valence-electron chi connectivity index (χ3n) is 3.74. The highest BCUT2D eigenvalue weighted by molar-refractivity contribution is 7.91. The number of ether oxygens (including phenoxy) is 3. The van der Waals surface area contributed by atoms with Crippen LogP contribution in [0.15, 0.2) is 12.1 Å². The molecule has 1 aliphatic rings. The molecular formula is C17H25NO6S. The van der Waals surface area contributed by atoms with Gasteiger partial charge in [-0.3, -0.25) is 4.79 Å². The quantitative estimate of drug-likeness (QED) is 0.749. The van der Waals surface area contributed by atoms with Crippen LogP contribution in [0.25, 0.3) is 0 Å². The molecule has 2 rings (SSSR count). The van der Waals surface area contributed by atoms with Crippen LogP contribution in [-0.2, 0) is 9.84 Å². The van der Waals surface area contributed by atoms with Gasteiger partial charge in [-0.15, -0.1) is 0 Å². The second-order valence-corrected chi connectivity index (χ2v) is 7.90. The molecule has 1 aromatic rings. The minimum absolute atomic E-state index is 0.0214. The highest BCUT2D eigenvalue weighted by Gasteiger charge is 2.29. The molecule has 25 heavy (non-hydrogen) atoms. The predicted octanol–water partition coefficient (Wildman–Crippen LogP) is 1.80. The fraction of sp³-hybridized carbons (Fsp3) is 0.588. The number of carbonyl (C=O) groups is 1. The van der Waals surface area contributed by atoms with Gasteiger partial charge in [0.25, 0.3) is 5.91 Å². The molecule has 0 saturated carbocycles. The van der Waals surface area contributed by atoms with Crippen LogP contribution in [0.3, 0.4) is 0 Å². The van der Waals surface area contributed by atoms with E-state index in [0.29, 0.717) is 49.1 Å². The monoisotopic (exact) mass is 371 g/mol. The van der Waals surface area contributed by atoms with E-state index in [9.17, 15) is 13.2 Å². The summed E-state index contributed by atoms with van der Waals surface area (Å²) in [7, 11) is -3.06. The number of nitrogens with one attached hydrogen (secondary N) is 1. The van der Waals surface area contributed by atoms with E-state index in [1.165, 1.54) is 0 Å². The average molecular weight is 371 g/mol. The summed E-state index contributed by atoms with van der Waals surface area (Å²) in [4.78, 5) is 12.5. The molecule has 0 bridgehead atoms. The number of hydrogen-bond acceptors (Lipinski definition) is 6. The fourth-order valence-electron chi connectivity index (χ4n) is 2.70. The Kier molecular flexibility index (Phi) is 6.52. The molecule has 0 aromatic heterocycles. The van der Waals surface area contributed by atoms with Crippen LogP contribution in [0.2, 0.25) is 0 Å². The smallest absolute Gasteiger partial charge is 0.251 e. The molecule has 7 nitrogen and oxygen atoms in total. The normalized spacial score (nSPS) is 18.6. The molecule has 1 atom stereocenters. The minimum atomic E-state index is -3.06. The minimum Gasteiger partial charge on any atom is -0.490 e. The molecule has 1 N–H and O–H groups in total. The van der Waals surface area contributed by atoms with Crippen LogP contribution in [-0.4, -0.2) is 51.7 Å². The van der Waals surface area contributed by atoms with E-state index in [-0.39, 0.29) is 23.5 Å². The third-order valence-corrected chi connectivity index (χ3v) is 5.51. The van der Waals surface area contributed by atoms with E-state index in [4.69, 9.17) is 14.2 Å². The number of rotatable bonds is 8. The van der Waals surface area contributed by atoms with Crippen molar-refractivity contribution in [2.24, 2.45) is 0 Å². The lowest BCUT2D eigenvalue weighted by Gasteiger charge is -2.18. The van der Waals surface area contributed by atoms with Crippen molar-refractivity contribution in [2.75, 3.05) is 31.3 Å². The number of sulfone groups is 1. The van der Waals surface area contributed by atoms with Crippen LogP contribution >= 0.6 is 0 Å². The summed E-state index contributed by atoms with van der Waals surface area (Å²) in [6.07, 6.45) is 0.432. The second kappa shape index (κ2) is 8.42. The topological polar surface area (TPSA) is 90.9 Å². The van der Waals surface area contributed by atoms with Crippen LogP contribution in [0.4, 0.5) is 0 Å². The Morgan fingerprint density at radius 2 is 1.64 bits per heavy atom. The molecule has 1 aromatic carbocycles. The molecule has 0 spiro atoms. The molecule has 0 radical (unpaired) electrons. The maximum absolute atomic E-state index is 12.5. The van der Waals surface area contributed by atoms with E-state index in [0.717, 1.165) is 0 Å². The van der Waals surface area contributed by atoms with E-state index in [1.54, 1.807) is 12.1 Å². The van der Waals surface area contributed by atoms with E-state index in [1.807, 2.05) is 20.8 Å². The van der Waals surface area contributed by atoms with E-state index < -0.39 is 9.84 Å². The van der Waals surface area contributed by atoms with Gasteiger partial charge in [-0.2, -0.15) is 0 Å². The second-order valence-electron chi connectivity index (χ2n) is 5.67.